The molecule has 72 valence electrons. The number of hydrogen-bond donors (Lipinski definition) is 2. The van der Waals surface area contributed by atoms with E-state index in [0.717, 1.165) is 15.7 Å². The zero-order valence-corrected chi connectivity index (χ0v) is 8.73. The normalized spacial score (nSPS) is 12.6. The molecule has 0 aliphatic rings. The molecule has 1 amide bonds. The molecule has 4 nitrogen and oxygen atoms in total. The molecule has 1 rings (SSSR count). The number of thiazole rings is 1. The van der Waals surface area contributed by atoms with Gasteiger partial charge in [-0.3, -0.25) is 4.79 Å². The van der Waals surface area contributed by atoms with Crippen molar-refractivity contribution in [3.8, 4) is 0 Å². The molecule has 1 unspecified atom stereocenters. The van der Waals surface area contributed by atoms with Crippen molar-refractivity contribution in [2.75, 3.05) is 5.32 Å². The maximum Gasteiger partial charge on any atom is 0.241 e. The van der Waals surface area contributed by atoms with Gasteiger partial charge in [-0.15, -0.1) is 11.3 Å². The third-order valence-electron chi connectivity index (χ3n) is 1.55. The Labute approximate surface area is 81.2 Å². The van der Waals surface area contributed by atoms with Crippen LogP contribution in [0.1, 0.15) is 17.6 Å². The molecule has 5 heteroatoms. The number of rotatable bonds is 2. The maximum atomic E-state index is 11.2. The van der Waals surface area contributed by atoms with Crippen LogP contribution in [-0.2, 0) is 4.79 Å². The molecule has 0 saturated carbocycles. The van der Waals surface area contributed by atoms with Gasteiger partial charge in [0.05, 0.1) is 16.7 Å². The quantitative estimate of drug-likeness (QED) is 0.748. The summed E-state index contributed by atoms with van der Waals surface area (Å²) < 4.78 is 0. The number of aromatic nitrogens is 1. The summed E-state index contributed by atoms with van der Waals surface area (Å²) >= 11 is 1.46. The Balaban J connectivity index is 2.74. The summed E-state index contributed by atoms with van der Waals surface area (Å²) in [6.45, 7) is 5.41. The fourth-order valence-corrected chi connectivity index (χ4v) is 1.70. The van der Waals surface area contributed by atoms with Gasteiger partial charge in [0.25, 0.3) is 0 Å². The lowest BCUT2D eigenvalue weighted by atomic mass is 10.3. The van der Waals surface area contributed by atoms with E-state index in [2.05, 4.69) is 10.3 Å². The predicted octanol–water partition coefficient (Wildman–Crippen LogP) is 1.05. The Morgan fingerprint density at radius 3 is 2.62 bits per heavy atom. The largest absolute Gasteiger partial charge is 0.320 e. The van der Waals surface area contributed by atoms with Crippen LogP contribution in [0.2, 0.25) is 0 Å². The van der Waals surface area contributed by atoms with E-state index in [9.17, 15) is 4.79 Å². The highest BCUT2D eigenvalue weighted by atomic mass is 32.1. The first kappa shape index (κ1) is 10.1. The zero-order chi connectivity index (χ0) is 10.0. The van der Waals surface area contributed by atoms with Crippen molar-refractivity contribution in [2.45, 2.75) is 26.8 Å². The standard InChI is InChI=1S/C8H13N3OS/c1-4(9)7(12)11-8-5(2)10-6(3)13-8/h4H,9H2,1-3H3,(H,11,12). The van der Waals surface area contributed by atoms with Crippen molar-refractivity contribution in [3.63, 3.8) is 0 Å². The second-order valence-electron chi connectivity index (χ2n) is 2.93. The van der Waals surface area contributed by atoms with Crippen molar-refractivity contribution in [1.29, 1.82) is 0 Å². The SMILES string of the molecule is Cc1nc(C)c(NC(=O)C(C)N)s1. The van der Waals surface area contributed by atoms with E-state index in [1.54, 1.807) is 6.92 Å². The predicted molar refractivity (Wildman–Crippen MR) is 53.9 cm³/mol. The number of carbonyl (C=O) groups excluding carboxylic acids is 1. The summed E-state index contributed by atoms with van der Waals surface area (Å²) in [6.07, 6.45) is 0. The summed E-state index contributed by atoms with van der Waals surface area (Å²) in [5.74, 6) is -0.174. The van der Waals surface area contributed by atoms with Crippen LogP contribution >= 0.6 is 11.3 Å². The molecule has 0 bridgehead atoms. The van der Waals surface area contributed by atoms with E-state index in [1.165, 1.54) is 11.3 Å². The fourth-order valence-electron chi connectivity index (χ4n) is 0.873. The van der Waals surface area contributed by atoms with Gasteiger partial charge in [0.1, 0.15) is 5.00 Å². The zero-order valence-electron chi connectivity index (χ0n) is 7.92. The molecule has 1 aromatic rings. The molecule has 1 atom stereocenters. The van der Waals surface area contributed by atoms with Crippen molar-refractivity contribution in [1.82, 2.24) is 4.98 Å². The van der Waals surface area contributed by atoms with Crippen LogP contribution in [0.4, 0.5) is 5.00 Å². The molecular formula is C8H13N3OS. The molecule has 0 fully saturated rings. The molecule has 3 N–H and O–H groups in total. The summed E-state index contributed by atoms with van der Waals surface area (Å²) in [5.41, 5.74) is 6.26. The topological polar surface area (TPSA) is 68.0 Å². The average Bonchev–Trinajstić information content (AvgIpc) is 2.30. The Morgan fingerprint density at radius 2 is 2.23 bits per heavy atom. The van der Waals surface area contributed by atoms with E-state index >= 15 is 0 Å². The Hall–Kier alpha value is -0.940. The first-order valence-electron chi connectivity index (χ1n) is 4.01. The second kappa shape index (κ2) is 3.85. The van der Waals surface area contributed by atoms with Gasteiger partial charge in [-0.2, -0.15) is 0 Å². The summed E-state index contributed by atoms with van der Waals surface area (Å²) in [6, 6.07) is -0.484. The second-order valence-corrected chi connectivity index (χ2v) is 4.13. The highest BCUT2D eigenvalue weighted by molar-refractivity contribution is 7.16. The molecule has 1 heterocycles. The van der Waals surface area contributed by atoms with Crippen molar-refractivity contribution in [3.05, 3.63) is 10.7 Å². The van der Waals surface area contributed by atoms with Crippen LogP contribution < -0.4 is 11.1 Å². The van der Waals surface area contributed by atoms with Gasteiger partial charge in [-0.25, -0.2) is 4.98 Å². The lowest BCUT2D eigenvalue weighted by Gasteiger charge is -2.05. The van der Waals surface area contributed by atoms with Gasteiger partial charge in [0, 0.05) is 0 Å². The smallest absolute Gasteiger partial charge is 0.241 e. The Bertz CT molecular complexity index is 319. The number of aryl methyl sites for hydroxylation is 2. The summed E-state index contributed by atoms with van der Waals surface area (Å²) in [4.78, 5) is 15.4. The maximum absolute atomic E-state index is 11.2. The van der Waals surface area contributed by atoms with Crippen molar-refractivity contribution in [2.24, 2.45) is 5.73 Å². The minimum Gasteiger partial charge on any atom is -0.320 e. The van der Waals surface area contributed by atoms with Gasteiger partial charge >= 0.3 is 0 Å². The molecular weight excluding hydrogens is 186 g/mol. The van der Waals surface area contributed by atoms with Crippen LogP contribution in [0, 0.1) is 13.8 Å². The molecule has 0 aliphatic heterocycles. The Morgan fingerprint density at radius 1 is 1.62 bits per heavy atom. The molecule has 0 aromatic carbocycles. The highest BCUT2D eigenvalue weighted by Crippen LogP contribution is 2.22. The van der Waals surface area contributed by atoms with E-state index < -0.39 is 6.04 Å². The van der Waals surface area contributed by atoms with Gasteiger partial charge < -0.3 is 11.1 Å². The van der Waals surface area contributed by atoms with Gasteiger partial charge in [-0.05, 0) is 20.8 Å². The van der Waals surface area contributed by atoms with Gasteiger partial charge in [0.15, 0.2) is 0 Å². The van der Waals surface area contributed by atoms with Crippen LogP contribution in [-0.4, -0.2) is 16.9 Å². The third-order valence-corrected chi connectivity index (χ3v) is 2.54. The summed E-state index contributed by atoms with van der Waals surface area (Å²) in [5, 5.41) is 4.46. The molecule has 0 saturated heterocycles. The molecule has 0 aliphatic carbocycles. The highest BCUT2D eigenvalue weighted by Gasteiger charge is 2.11. The van der Waals surface area contributed by atoms with Crippen LogP contribution in [0.15, 0.2) is 0 Å². The lowest BCUT2D eigenvalue weighted by molar-refractivity contribution is -0.117. The van der Waals surface area contributed by atoms with Crippen LogP contribution in [0.5, 0.6) is 0 Å². The summed E-state index contributed by atoms with van der Waals surface area (Å²) in [7, 11) is 0. The molecule has 0 radical (unpaired) electrons. The van der Waals surface area contributed by atoms with Gasteiger partial charge in [-0.1, -0.05) is 0 Å². The monoisotopic (exact) mass is 199 g/mol. The number of nitrogens with two attached hydrogens (primary N) is 1. The lowest BCUT2D eigenvalue weighted by Crippen LogP contribution is -2.32. The molecule has 0 spiro atoms. The first-order valence-corrected chi connectivity index (χ1v) is 4.83. The number of amides is 1. The minimum atomic E-state index is -0.484. The fraction of sp³-hybridized carbons (Fsp3) is 0.500. The third kappa shape index (κ3) is 2.50. The number of carbonyl (C=O) groups is 1. The van der Waals surface area contributed by atoms with Crippen LogP contribution in [0.25, 0.3) is 0 Å². The van der Waals surface area contributed by atoms with E-state index in [0.29, 0.717) is 0 Å². The average molecular weight is 199 g/mol. The molecule has 1 aromatic heterocycles. The van der Waals surface area contributed by atoms with Crippen molar-refractivity contribution < 1.29 is 4.79 Å². The minimum absolute atomic E-state index is 0.174. The van der Waals surface area contributed by atoms with Gasteiger partial charge in [0.2, 0.25) is 5.91 Å². The number of nitrogens with zero attached hydrogens (tertiary/aromatic N) is 1. The Kier molecular flexibility index (Phi) is 3.00. The van der Waals surface area contributed by atoms with E-state index in [4.69, 9.17) is 5.73 Å². The number of anilines is 1. The number of hydrogen-bond acceptors (Lipinski definition) is 4. The number of nitrogens with one attached hydrogen (secondary N) is 1. The molecule has 13 heavy (non-hydrogen) atoms. The van der Waals surface area contributed by atoms with Crippen LogP contribution in [0.3, 0.4) is 0 Å². The first-order chi connectivity index (χ1) is 6.00. The van der Waals surface area contributed by atoms with E-state index in [1.807, 2.05) is 13.8 Å². The van der Waals surface area contributed by atoms with Crippen molar-refractivity contribution >= 4 is 22.2 Å². The van der Waals surface area contributed by atoms with E-state index in [-0.39, 0.29) is 5.91 Å².